The normalized spacial score (nSPS) is 23.6. The SMILES string of the molecule is CC(C)(C)OC(=O)NC1CC(O)C(COC(=O)c2ccccc2)C1. The lowest BCUT2D eigenvalue weighted by Gasteiger charge is -2.21. The molecule has 6 heteroatoms. The summed E-state index contributed by atoms with van der Waals surface area (Å²) in [6.45, 7) is 5.51. The first-order chi connectivity index (χ1) is 11.2. The fourth-order valence-corrected chi connectivity index (χ4v) is 2.71. The highest BCUT2D eigenvalue weighted by Gasteiger charge is 2.35. The lowest BCUT2D eigenvalue weighted by Crippen LogP contribution is -2.38. The molecule has 1 saturated carbocycles. The van der Waals surface area contributed by atoms with Crippen LogP contribution >= 0.6 is 0 Å². The van der Waals surface area contributed by atoms with Gasteiger partial charge in [0.15, 0.2) is 0 Å². The molecule has 0 heterocycles. The van der Waals surface area contributed by atoms with Crippen LogP contribution in [0.3, 0.4) is 0 Å². The van der Waals surface area contributed by atoms with E-state index in [4.69, 9.17) is 9.47 Å². The summed E-state index contributed by atoms with van der Waals surface area (Å²) >= 11 is 0. The van der Waals surface area contributed by atoms with Crippen LogP contribution in [0.15, 0.2) is 30.3 Å². The molecule has 1 aliphatic carbocycles. The highest BCUT2D eigenvalue weighted by atomic mass is 16.6. The number of hydrogen-bond donors (Lipinski definition) is 2. The summed E-state index contributed by atoms with van der Waals surface area (Å²) in [7, 11) is 0. The molecule has 0 aromatic heterocycles. The van der Waals surface area contributed by atoms with E-state index in [9.17, 15) is 14.7 Å². The van der Waals surface area contributed by atoms with Crippen LogP contribution in [0.25, 0.3) is 0 Å². The fraction of sp³-hybridized carbons (Fsp3) is 0.556. The first-order valence-corrected chi connectivity index (χ1v) is 8.14. The number of amides is 1. The number of carbonyl (C=O) groups excluding carboxylic acids is 2. The van der Waals surface area contributed by atoms with Gasteiger partial charge in [-0.2, -0.15) is 0 Å². The van der Waals surface area contributed by atoms with Gasteiger partial charge in [0, 0.05) is 12.0 Å². The Hall–Kier alpha value is -2.08. The van der Waals surface area contributed by atoms with Crippen LogP contribution < -0.4 is 5.32 Å². The van der Waals surface area contributed by atoms with E-state index in [1.165, 1.54) is 0 Å². The van der Waals surface area contributed by atoms with Crippen LogP contribution in [0.1, 0.15) is 44.0 Å². The van der Waals surface area contributed by atoms with Gasteiger partial charge in [0.05, 0.1) is 18.3 Å². The third-order valence-corrected chi connectivity index (χ3v) is 3.82. The van der Waals surface area contributed by atoms with Crippen LogP contribution in [-0.2, 0) is 9.47 Å². The van der Waals surface area contributed by atoms with Gasteiger partial charge in [-0.15, -0.1) is 0 Å². The first-order valence-electron chi connectivity index (χ1n) is 8.14. The molecule has 1 aliphatic rings. The highest BCUT2D eigenvalue weighted by Crippen LogP contribution is 2.27. The molecule has 1 fully saturated rings. The van der Waals surface area contributed by atoms with Gasteiger partial charge in [0.2, 0.25) is 0 Å². The number of aliphatic hydroxyl groups excluding tert-OH is 1. The van der Waals surface area contributed by atoms with Gasteiger partial charge in [-0.3, -0.25) is 0 Å². The van der Waals surface area contributed by atoms with Gasteiger partial charge in [-0.05, 0) is 45.7 Å². The minimum absolute atomic E-state index is 0.126. The number of rotatable bonds is 4. The summed E-state index contributed by atoms with van der Waals surface area (Å²) in [5, 5.41) is 12.9. The van der Waals surface area contributed by atoms with Gasteiger partial charge in [-0.25, -0.2) is 9.59 Å². The standard InChI is InChI=1S/C18H25NO5/c1-18(2,3)24-17(22)19-14-9-13(15(20)10-14)11-23-16(21)12-7-5-4-6-8-12/h4-8,13-15,20H,9-11H2,1-3H3,(H,19,22). The average molecular weight is 335 g/mol. The number of esters is 1. The number of ether oxygens (including phenoxy) is 2. The van der Waals surface area contributed by atoms with Crippen molar-refractivity contribution in [3.63, 3.8) is 0 Å². The lowest BCUT2D eigenvalue weighted by molar-refractivity contribution is 0.0302. The van der Waals surface area contributed by atoms with Gasteiger partial charge in [0.1, 0.15) is 5.60 Å². The Balaban J connectivity index is 1.79. The Kier molecular flexibility index (Phi) is 5.83. The zero-order valence-electron chi connectivity index (χ0n) is 14.3. The summed E-state index contributed by atoms with van der Waals surface area (Å²) in [6.07, 6.45) is -0.148. The number of alkyl carbamates (subject to hydrolysis) is 1. The van der Waals surface area contributed by atoms with Crippen molar-refractivity contribution < 1.29 is 24.2 Å². The number of carbonyl (C=O) groups is 2. The zero-order valence-corrected chi connectivity index (χ0v) is 14.3. The van der Waals surface area contributed by atoms with Gasteiger partial charge < -0.3 is 19.9 Å². The van der Waals surface area contributed by atoms with Crippen molar-refractivity contribution in [1.82, 2.24) is 5.32 Å². The Morgan fingerprint density at radius 3 is 2.50 bits per heavy atom. The van der Waals surface area contributed by atoms with Crippen LogP contribution in [-0.4, -0.2) is 41.5 Å². The summed E-state index contributed by atoms with van der Waals surface area (Å²) < 4.78 is 10.5. The highest BCUT2D eigenvalue weighted by molar-refractivity contribution is 5.89. The van der Waals surface area contributed by atoms with Crippen LogP contribution in [0.4, 0.5) is 4.79 Å². The van der Waals surface area contributed by atoms with Crippen molar-refractivity contribution in [3.8, 4) is 0 Å². The molecule has 6 nitrogen and oxygen atoms in total. The second-order valence-electron chi connectivity index (χ2n) is 7.11. The summed E-state index contributed by atoms with van der Waals surface area (Å²) in [4.78, 5) is 23.7. The van der Waals surface area contributed by atoms with Crippen molar-refractivity contribution in [1.29, 1.82) is 0 Å². The van der Waals surface area contributed by atoms with Crippen molar-refractivity contribution in [3.05, 3.63) is 35.9 Å². The minimum atomic E-state index is -0.617. The smallest absolute Gasteiger partial charge is 0.407 e. The van der Waals surface area contributed by atoms with Crippen molar-refractivity contribution >= 4 is 12.1 Å². The van der Waals surface area contributed by atoms with Gasteiger partial charge >= 0.3 is 12.1 Å². The largest absolute Gasteiger partial charge is 0.462 e. The average Bonchev–Trinajstić information content (AvgIpc) is 2.83. The van der Waals surface area contributed by atoms with E-state index in [2.05, 4.69) is 5.32 Å². The summed E-state index contributed by atoms with van der Waals surface area (Å²) in [5.74, 6) is -0.607. The Labute approximate surface area is 142 Å². The lowest BCUT2D eigenvalue weighted by atomic mass is 10.1. The van der Waals surface area contributed by atoms with E-state index in [0.717, 1.165) is 0 Å². The Morgan fingerprint density at radius 1 is 1.21 bits per heavy atom. The summed E-state index contributed by atoms with van der Waals surface area (Å²) in [6, 6.07) is 8.53. The van der Waals surface area contributed by atoms with Crippen molar-refractivity contribution in [2.75, 3.05) is 6.61 Å². The molecule has 0 aliphatic heterocycles. The molecule has 0 radical (unpaired) electrons. The minimum Gasteiger partial charge on any atom is -0.462 e. The maximum absolute atomic E-state index is 11.9. The quantitative estimate of drug-likeness (QED) is 0.826. The van der Waals surface area contributed by atoms with E-state index in [-0.39, 0.29) is 18.6 Å². The van der Waals surface area contributed by atoms with Crippen LogP contribution in [0.5, 0.6) is 0 Å². The molecular formula is C18H25NO5. The molecule has 2 N–H and O–H groups in total. The predicted molar refractivity (Wildman–Crippen MR) is 88.6 cm³/mol. The second-order valence-corrected chi connectivity index (χ2v) is 7.11. The third kappa shape index (κ3) is 5.53. The maximum Gasteiger partial charge on any atom is 0.407 e. The fourth-order valence-electron chi connectivity index (χ4n) is 2.71. The molecule has 132 valence electrons. The van der Waals surface area contributed by atoms with Crippen molar-refractivity contribution in [2.45, 2.75) is 51.4 Å². The molecule has 24 heavy (non-hydrogen) atoms. The van der Waals surface area contributed by atoms with E-state index >= 15 is 0 Å². The number of nitrogens with one attached hydrogen (secondary N) is 1. The van der Waals surface area contributed by atoms with Crippen LogP contribution in [0, 0.1) is 5.92 Å². The van der Waals surface area contributed by atoms with E-state index in [0.29, 0.717) is 18.4 Å². The molecule has 0 spiro atoms. The zero-order chi connectivity index (χ0) is 17.7. The molecule has 0 saturated heterocycles. The molecule has 1 aromatic carbocycles. The molecule has 1 amide bonds. The monoisotopic (exact) mass is 335 g/mol. The van der Waals surface area contributed by atoms with E-state index in [1.54, 1.807) is 45.0 Å². The molecule has 1 aromatic rings. The molecule has 3 atom stereocenters. The maximum atomic E-state index is 11.9. The predicted octanol–water partition coefficient (Wildman–Crippen LogP) is 2.51. The third-order valence-electron chi connectivity index (χ3n) is 3.82. The molecule has 2 rings (SSSR count). The second kappa shape index (κ2) is 7.66. The Morgan fingerprint density at radius 2 is 1.88 bits per heavy atom. The van der Waals surface area contributed by atoms with Crippen molar-refractivity contribution in [2.24, 2.45) is 5.92 Å². The molecule has 0 bridgehead atoms. The Bertz CT molecular complexity index is 567. The van der Waals surface area contributed by atoms with Gasteiger partial charge in [0.25, 0.3) is 0 Å². The molecule has 3 unspecified atom stereocenters. The molecular weight excluding hydrogens is 310 g/mol. The van der Waals surface area contributed by atoms with Gasteiger partial charge in [-0.1, -0.05) is 18.2 Å². The van der Waals surface area contributed by atoms with Crippen LogP contribution in [0.2, 0.25) is 0 Å². The first kappa shape index (κ1) is 18.3. The number of hydrogen-bond acceptors (Lipinski definition) is 5. The van der Waals surface area contributed by atoms with E-state index in [1.807, 2.05) is 6.07 Å². The van der Waals surface area contributed by atoms with E-state index < -0.39 is 23.8 Å². The summed E-state index contributed by atoms with van der Waals surface area (Å²) in [5.41, 5.74) is -0.0836. The topological polar surface area (TPSA) is 84.9 Å². The number of benzene rings is 1. The number of aliphatic hydroxyl groups is 1.